The van der Waals surface area contributed by atoms with Gasteiger partial charge in [-0.3, -0.25) is 24.1 Å². The highest BCUT2D eigenvalue weighted by Gasteiger charge is 2.50. The van der Waals surface area contributed by atoms with E-state index in [1.165, 1.54) is 6.92 Å². The number of benzene rings is 1. The summed E-state index contributed by atoms with van der Waals surface area (Å²) in [5.74, 6) is -2.75. The molecule has 3 amide bonds. The van der Waals surface area contributed by atoms with Gasteiger partial charge in [0.1, 0.15) is 6.04 Å². The molecular formula is C21H26N2O5. The number of carbonyl (C=O) groups is 4. The third kappa shape index (κ3) is 3.93. The SMILES string of the molecule is Cc1ccc(C(CC(=O)O)NC(=O)C(C)N2C(=O)C3CCCCC3C2=O)cc1. The molecule has 1 aromatic carbocycles. The molecule has 150 valence electrons. The number of hydrogen-bond acceptors (Lipinski definition) is 4. The van der Waals surface area contributed by atoms with E-state index in [9.17, 15) is 24.3 Å². The monoisotopic (exact) mass is 386 g/mol. The summed E-state index contributed by atoms with van der Waals surface area (Å²) in [5.41, 5.74) is 1.69. The number of hydrogen-bond donors (Lipinski definition) is 2. The van der Waals surface area contributed by atoms with Crippen LogP contribution in [-0.2, 0) is 19.2 Å². The molecule has 1 aromatic rings. The first kappa shape index (κ1) is 20.0. The smallest absolute Gasteiger partial charge is 0.305 e. The van der Waals surface area contributed by atoms with Gasteiger partial charge in [0.05, 0.1) is 24.3 Å². The quantitative estimate of drug-likeness (QED) is 0.730. The van der Waals surface area contributed by atoms with Crippen molar-refractivity contribution in [3.63, 3.8) is 0 Å². The number of carboxylic acids is 1. The molecule has 4 atom stereocenters. The van der Waals surface area contributed by atoms with Crippen molar-refractivity contribution in [3.05, 3.63) is 35.4 Å². The van der Waals surface area contributed by atoms with Crippen LogP contribution in [-0.4, -0.2) is 39.7 Å². The van der Waals surface area contributed by atoms with E-state index in [0.29, 0.717) is 18.4 Å². The van der Waals surface area contributed by atoms with Crippen molar-refractivity contribution in [3.8, 4) is 0 Å². The highest BCUT2D eigenvalue weighted by molar-refractivity contribution is 6.08. The van der Waals surface area contributed by atoms with E-state index in [1.54, 1.807) is 12.1 Å². The van der Waals surface area contributed by atoms with E-state index >= 15 is 0 Å². The fourth-order valence-corrected chi connectivity index (χ4v) is 4.20. The molecule has 1 heterocycles. The molecule has 0 bridgehead atoms. The van der Waals surface area contributed by atoms with Crippen LogP contribution in [0, 0.1) is 18.8 Å². The van der Waals surface area contributed by atoms with Gasteiger partial charge in [-0.2, -0.15) is 0 Å². The van der Waals surface area contributed by atoms with Crippen LogP contribution in [0.2, 0.25) is 0 Å². The van der Waals surface area contributed by atoms with Crippen LogP contribution in [0.1, 0.15) is 56.2 Å². The Kier molecular flexibility index (Phi) is 5.82. The molecule has 4 unspecified atom stereocenters. The largest absolute Gasteiger partial charge is 0.481 e. The number of nitrogens with one attached hydrogen (secondary N) is 1. The van der Waals surface area contributed by atoms with Gasteiger partial charge in [-0.05, 0) is 32.3 Å². The lowest BCUT2D eigenvalue weighted by atomic mass is 9.81. The normalized spacial score (nSPS) is 23.9. The van der Waals surface area contributed by atoms with E-state index < -0.39 is 24.0 Å². The van der Waals surface area contributed by atoms with Crippen molar-refractivity contribution >= 4 is 23.7 Å². The molecule has 28 heavy (non-hydrogen) atoms. The van der Waals surface area contributed by atoms with E-state index in [2.05, 4.69) is 5.32 Å². The standard InChI is InChI=1S/C21H26N2O5/c1-12-7-9-14(10-8-12)17(11-18(24)25)22-19(26)13(2)23-20(27)15-5-3-4-6-16(15)21(23)28/h7-10,13,15-17H,3-6,11H2,1-2H3,(H,22,26)(H,24,25). The van der Waals surface area contributed by atoms with Crippen LogP contribution in [0.5, 0.6) is 0 Å². The molecule has 1 aliphatic carbocycles. The number of imide groups is 1. The third-order valence-corrected chi connectivity index (χ3v) is 5.82. The minimum atomic E-state index is -1.04. The molecule has 1 saturated carbocycles. The Labute approximate surface area is 164 Å². The zero-order valence-corrected chi connectivity index (χ0v) is 16.2. The molecule has 2 aliphatic rings. The topological polar surface area (TPSA) is 104 Å². The first-order valence-electron chi connectivity index (χ1n) is 9.75. The average molecular weight is 386 g/mol. The van der Waals surface area contributed by atoms with Crippen LogP contribution in [0.4, 0.5) is 0 Å². The number of carbonyl (C=O) groups excluding carboxylic acids is 3. The Hall–Kier alpha value is -2.70. The van der Waals surface area contributed by atoms with Gasteiger partial charge in [0.2, 0.25) is 17.7 Å². The van der Waals surface area contributed by atoms with Gasteiger partial charge in [-0.15, -0.1) is 0 Å². The van der Waals surface area contributed by atoms with E-state index in [1.807, 2.05) is 19.1 Å². The lowest BCUT2D eigenvalue weighted by Gasteiger charge is -2.25. The number of aryl methyl sites for hydroxylation is 1. The Morgan fingerprint density at radius 1 is 1.11 bits per heavy atom. The van der Waals surface area contributed by atoms with Crippen LogP contribution in [0.3, 0.4) is 0 Å². The van der Waals surface area contributed by atoms with Gasteiger partial charge in [0, 0.05) is 0 Å². The molecule has 2 fully saturated rings. The molecule has 2 N–H and O–H groups in total. The number of carboxylic acid groups (broad SMARTS) is 1. The van der Waals surface area contributed by atoms with E-state index in [-0.39, 0.29) is 30.1 Å². The summed E-state index contributed by atoms with van der Waals surface area (Å²) < 4.78 is 0. The van der Waals surface area contributed by atoms with Gasteiger partial charge in [0.25, 0.3) is 0 Å². The summed E-state index contributed by atoms with van der Waals surface area (Å²) in [6.45, 7) is 3.44. The first-order chi connectivity index (χ1) is 13.3. The Morgan fingerprint density at radius 2 is 1.64 bits per heavy atom. The molecule has 0 radical (unpaired) electrons. The van der Waals surface area contributed by atoms with Crippen molar-refractivity contribution in [1.82, 2.24) is 10.2 Å². The summed E-state index contributed by atoms with van der Waals surface area (Å²) in [4.78, 5) is 50.6. The fraction of sp³-hybridized carbons (Fsp3) is 0.524. The maximum Gasteiger partial charge on any atom is 0.305 e. The maximum atomic E-state index is 12.8. The molecule has 7 heteroatoms. The van der Waals surface area contributed by atoms with Gasteiger partial charge in [-0.1, -0.05) is 42.7 Å². The first-order valence-corrected chi connectivity index (χ1v) is 9.75. The van der Waals surface area contributed by atoms with Gasteiger partial charge < -0.3 is 10.4 Å². The summed E-state index contributed by atoms with van der Waals surface area (Å²) in [6.07, 6.45) is 2.93. The zero-order chi connectivity index (χ0) is 20.4. The maximum absolute atomic E-state index is 12.8. The van der Waals surface area contributed by atoms with Gasteiger partial charge in [0.15, 0.2) is 0 Å². The summed E-state index contributed by atoms with van der Waals surface area (Å²) >= 11 is 0. The number of nitrogens with zero attached hydrogens (tertiary/aromatic N) is 1. The van der Waals surface area contributed by atoms with Crippen molar-refractivity contribution in [2.24, 2.45) is 11.8 Å². The zero-order valence-electron chi connectivity index (χ0n) is 16.2. The second-order valence-corrected chi connectivity index (χ2v) is 7.79. The van der Waals surface area contributed by atoms with Crippen LogP contribution < -0.4 is 5.32 Å². The van der Waals surface area contributed by atoms with E-state index in [0.717, 1.165) is 23.3 Å². The van der Waals surface area contributed by atoms with Crippen molar-refractivity contribution in [2.75, 3.05) is 0 Å². The highest BCUT2D eigenvalue weighted by atomic mass is 16.4. The van der Waals surface area contributed by atoms with Crippen molar-refractivity contribution in [1.29, 1.82) is 0 Å². The molecule has 3 rings (SSSR count). The summed E-state index contributed by atoms with van der Waals surface area (Å²) in [7, 11) is 0. The molecule has 1 aliphatic heterocycles. The van der Waals surface area contributed by atoms with Crippen molar-refractivity contribution in [2.45, 2.75) is 58.0 Å². The average Bonchev–Trinajstić information content (AvgIpc) is 2.92. The number of likely N-dealkylation sites (tertiary alicyclic amines) is 1. The highest BCUT2D eigenvalue weighted by Crippen LogP contribution is 2.38. The molecule has 0 aromatic heterocycles. The fourth-order valence-electron chi connectivity index (χ4n) is 4.20. The molecular weight excluding hydrogens is 360 g/mol. The van der Waals surface area contributed by atoms with Gasteiger partial charge >= 0.3 is 5.97 Å². The number of amides is 3. The molecule has 7 nitrogen and oxygen atoms in total. The second kappa shape index (κ2) is 8.12. The number of rotatable bonds is 6. The minimum absolute atomic E-state index is 0.275. The second-order valence-electron chi connectivity index (χ2n) is 7.79. The summed E-state index contributed by atoms with van der Waals surface area (Å²) in [5, 5.41) is 11.9. The van der Waals surface area contributed by atoms with Crippen LogP contribution in [0.15, 0.2) is 24.3 Å². The minimum Gasteiger partial charge on any atom is -0.481 e. The van der Waals surface area contributed by atoms with Crippen molar-refractivity contribution < 1.29 is 24.3 Å². The van der Waals surface area contributed by atoms with E-state index in [4.69, 9.17) is 0 Å². The molecule has 0 spiro atoms. The lowest BCUT2D eigenvalue weighted by molar-refractivity contribution is -0.148. The van der Waals surface area contributed by atoms with Crippen LogP contribution in [0.25, 0.3) is 0 Å². The third-order valence-electron chi connectivity index (χ3n) is 5.82. The number of fused-ring (bicyclic) bond motifs is 1. The lowest BCUT2D eigenvalue weighted by Crippen LogP contribution is -2.49. The Bertz CT molecular complexity index is 764. The summed E-state index contributed by atoms with van der Waals surface area (Å²) in [6, 6.07) is 5.54. The van der Waals surface area contributed by atoms with Gasteiger partial charge in [-0.25, -0.2) is 0 Å². The predicted molar refractivity (Wildman–Crippen MR) is 101 cm³/mol. The Balaban J connectivity index is 1.75. The molecule has 1 saturated heterocycles. The Morgan fingerprint density at radius 3 is 2.14 bits per heavy atom. The van der Waals surface area contributed by atoms with Crippen LogP contribution >= 0.6 is 0 Å². The number of aliphatic carboxylic acids is 1. The predicted octanol–water partition coefficient (Wildman–Crippen LogP) is 2.19.